The highest BCUT2D eigenvalue weighted by Crippen LogP contribution is 2.17. The van der Waals surface area contributed by atoms with Gasteiger partial charge in [-0.3, -0.25) is 4.79 Å². The minimum absolute atomic E-state index is 0.178. The van der Waals surface area contributed by atoms with E-state index in [2.05, 4.69) is 20.7 Å². The second-order valence-corrected chi connectivity index (χ2v) is 5.07. The third-order valence-electron chi connectivity index (χ3n) is 2.48. The van der Waals surface area contributed by atoms with Gasteiger partial charge in [-0.1, -0.05) is 16.9 Å². The Labute approximate surface area is 120 Å². The molecule has 0 aliphatic carbocycles. The maximum Gasteiger partial charge on any atom is 0.236 e. The zero-order valence-corrected chi connectivity index (χ0v) is 12.1. The lowest BCUT2D eigenvalue weighted by Gasteiger charge is -2.06. The Hall–Kier alpha value is -1.87. The number of nitrogens with one attached hydrogen (secondary N) is 1. The molecule has 0 saturated carbocycles. The smallest absolute Gasteiger partial charge is 0.236 e. The van der Waals surface area contributed by atoms with Gasteiger partial charge in [0, 0.05) is 19.2 Å². The fourth-order valence-electron chi connectivity index (χ4n) is 1.59. The molecule has 0 unspecified atom stereocenters. The van der Waals surface area contributed by atoms with Crippen molar-refractivity contribution < 1.29 is 9.32 Å². The number of aromatic nitrogens is 4. The van der Waals surface area contributed by atoms with Crippen LogP contribution in [0.15, 0.2) is 15.7 Å². The Morgan fingerprint density at radius 3 is 2.95 bits per heavy atom. The minimum atomic E-state index is -0.178. The number of thioether (sulfide) groups is 1. The summed E-state index contributed by atoms with van der Waals surface area (Å²) in [6, 6.07) is 1.66. The van der Waals surface area contributed by atoms with E-state index in [1.807, 2.05) is 11.5 Å². The number of aryl methyl sites for hydroxylation is 2. The predicted molar refractivity (Wildman–Crippen MR) is 74.4 cm³/mol. The number of amides is 1. The van der Waals surface area contributed by atoms with Gasteiger partial charge in [0.1, 0.15) is 11.6 Å². The predicted octanol–water partition coefficient (Wildman–Crippen LogP) is 0.572. The van der Waals surface area contributed by atoms with Crippen LogP contribution in [0, 0.1) is 13.8 Å². The molecule has 0 aliphatic rings. The van der Waals surface area contributed by atoms with Crippen LogP contribution in [0.2, 0.25) is 0 Å². The molecule has 9 heteroatoms. The molecule has 20 heavy (non-hydrogen) atoms. The highest BCUT2D eigenvalue weighted by molar-refractivity contribution is 7.99. The van der Waals surface area contributed by atoms with Gasteiger partial charge < -0.3 is 20.1 Å². The van der Waals surface area contributed by atoms with Gasteiger partial charge in [-0.05, 0) is 13.8 Å². The number of hydrogen-bond acceptors (Lipinski definition) is 7. The van der Waals surface area contributed by atoms with Crippen molar-refractivity contribution in [2.45, 2.75) is 25.5 Å². The molecule has 0 aromatic carbocycles. The van der Waals surface area contributed by atoms with E-state index in [1.165, 1.54) is 11.8 Å². The van der Waals surface area contributed by atoms with Crippen LogP contribution in [0.3, 0.4) is 0 Å². The van der Waals surface area contributed by atoms with E-state index in [0.29, 0.717) is 29.8 Å². The molecular formula is C11H16N6O2S. The van der Waals surface area contributed by atoms with E-state index in [0.717, 1.165) is 5.82 Å². The molecule has 0 atom stereocenters. The molecule has 108 valence electrons. The van der Waals surface area contributed by atoms with Crippen molar-refractivity contribution in [3.63, 3.8) is 0 Å². The molecule has 0 spiro atoms. The fourth-order valence-corrected chi connectivity index (χ4v) is 2.40. The van der Waals surface area contributed by atoms with Crippen LogP contribution in [-0.4, -0.2) is 38.1 Å². The number of carbonyl (C=O) groups is 1. The van der Waals surface area contributed by atoms with Crippen molar-refractivity contribution in [1.82, 2.24) is 19.9 Å². The van der Waals surface area contributed by atoms with E-state index in [4.69, 9.17) is 10.3 Å². The Balaban J connectivity index is 1.90. The summed E-state index contributed by atoms with van der Waals surface area (Å²) < 4.78 is 6.76. The van der Waals surface area contributed by atoms with Crippen molar-refractivity contribution in [2.24, 2.45) is 5.73 Å². The lowest BCUT2D eigenvalue weighted by molar-refractivity contribution is -0.113. The SMILES string of the molecule is Cc1cc(NC(=O)CSc2nnc(C)n2CCN)no1. The highest BCUT2D eigenvalue weighted by Gasteiger charge is 2.12. The van der Waals surface area contributed by atoms with Crippen LogP contribution >= 0.6 is 11.8 Å². The lowest BCUT2D eigenvalue weighted by atomic mass is 10.5. The zero-order valence-electron chi connectivity index (χ0n) is 11.3. The summed E-state index contributed by atoms with van der Waals surface area (Å²) in [5.74, 6) is 1.88. The Morgan fingerprint density at radius 2 is 2.30 bits per heavy atom. The normalized spacial score (nSPS) is 10.8. The Kier molecular flexibility index (Phi) is 4.74. The molecule has 0 aliphatic heterocycles. The number of hydrogen-bond donors (Lipinski definition) is 2. The van der Waals surface area contributed by atoms with Gasteiger partial charge in [0.15, 0.2) is 11.0 Å². The minimum Gasteiger partial charge on any atom is -0.360 e. The summed E-state index contributed by atoms with van der Waals surface area (Å²) in [6.45, 7) is 4.74. The summed E-state index contributed by atoms with van der Waals surface area (Å²) in [7, 11) is 0. The molecule has 2 heterocycles. The van der Waals surface area contributed by atoms with Crippen molar-refractivity contribution in [3.8, 4) is 0 Å². The molecule has 2 rings (SSSR count). The summed E-state index contributed by atoms with van der Waals surface area (Å²) in [6.07, 6.45) is 0. The zero-order chi connectivity index (χ0) is 14.5. The first-order valence-corrected chi connectivity index (χ1v) is 7.04. The fraction of sp³-hybridized carbons (Fsp3) is 0.455. The first-order chi connectivity index (χ1) is 9.60. The third-order valence-corrected chi connectivity index (χ3v) is 3.45. The van der Waals surface area contributed by atoms with Crippen LogP contribution in [0.25, 0.3) is 0 Å². The second kappa shape index (κ2) is 6.53. The maximum atomic E-state index is 11.8. The van der Waals surface area contributed by atoms with Gasteiger partial charge in [0.25, 0.3) is 0 Å². The molecule has 0 bridgehead atoms. The average molecular weight is 296 g/mol. The van der Waals surface area contributed by atoms with Gasteiger partial charge in [-0.2, -0.15) is 0 Å². The van der Waals surface area contributed by atoms with E-state index < -0.39 is 0 Å². The third kappa shape index (κ3) is 3.58. The van der Waals surface area contributed by atoms with Crippen LogP contribution < -0.4 is 11.1 Å². The molecule has 8 nitrogen and oxygen atoms in total. The van der Waals surface area contributed by atoms with E-state index in [1.54, 1.807) is 13.0 Å². The molecule has 2 aromatic heterocycles. The van der Waals surface area contributed by atoms with Crippen LogP contribution in [-0.2, 0) is 11.3 Å². The number of rotatable bonds is 6. The molecule has 2 aromatic rings. The van der Waals surface area contributed by atoms with Gasteiger partial charge in [0.2, 0.25) is 5.91 Å². The molecule has 1 amide bonds. The standard InChI is InChI=1S/C11H16N6O2S/c1-7-5-9(16-19-7)13-10(18)6-20-11-15-14-8(2)17(11)4-3-12/h5H,3-4,6,12H2,1-2H3,(H,13,16,18). The maximum absolute atomic E-state index is 11.8. The van der Waals surface area contributed by atoms with Gasteiger partial charge >= 0.3 is 0 Å². The van der Waals surface area contributed by atoms with Crippen LogP contribution in [0.4, 0.5) is 5.82 Å². The van der Waals surface area contributed by atoms with E-state index in [9.17, 15) is 4.79 Å². The molecule has 3 N–H and O–H groups in total. The average Bonchev–Trinajstić information content (AvgIpc) is 2.96. The monoisotopic (exact) mass is 296 g/mol. The molecule has 0 fully saturated rings. The number of nitrogens with two attached hydrogens (primary N) is 1. The van der Waals surface area contributed by atoms with Crippen molar-refractivity contribution in [1.29, 1.82) is 0 Å². The summed E-state index contributed by atoms with van der Waals surface area (Å²) in [5.41, 5.74) is 5.53. The van der Waals surface area contributed by atoms with Gasteiger partial charge in [-0.15, -0.1) is 10.2 Å². The van der Waals surface area contributed by atoms with E-state index >= 15 is 0 Å². The largest absolute Gasteiger partial charge is 0.360 e. The summed E-state index contributed by atoms with van der Waals surface area (Å²) in [4.78, 5) is 11.8. The van der Waals surface area contributed by atoms with Crippen LogP contribution in [0.1, 0.15) is 11.6 Å². The molecular weight excluding hydrogens is 280 g/mol. The number of carbonyl (C=O) groups excluding carboxylic acids is 1. The topological polar surface area (TPSA) is 112 Å². The highest BCUT2D eigenvalue weighted by atomic mass is 32.2. The Morgan fingerprint density at radius 1 is 1.50 bits per heavy atom. The van der Waals surface area contributed by atoms with Gasteiger partial charge in [0.05, 0.1) is 5.75 Å². The summed E-state index contributed by atoms with van der Waals surface area (Å²) >= 11 is 1.31. The number of nitrogens with zero attached hydrogens (tertiary/aromatic N) is 4. The van der Waals surface area contributed by atoms with Crippen molar-refractivity contribution in [3.05, 3.63) is 17.7 Å². The lowest BCUT2D eigenvalue weighted by Crippen LogP contribution is -2.16. The van der Waals surface area contributed by atoms with Gasteiger partial charge in [-0.25, -0.2) is 0 Å². The molecule has 0 saturated heterocycles. The second-order valence-electron chi connectivity index (χ2n) is 4.13. The van der Waals surface area contributed by atoms with E-state index in [-0.39, 0.29) is 11.7 Å². The number of anilines is 1. The molecule has 0 radical (unpaired) electrons. The Bertz CT molecular complexity index is 594. The van der Waals surface area contributed by atoms with Crippen molar-refractivity contribution in [2.75, 3.05) is 17.6 Å². The van der Waals surface area contributed by atoms with Crippen molar-refractivity contribution >= 4 is 23.5 Å². The quantitative estimate of drug-likeness (QED) is 0.749. The summed E-state index contributed by atoms with van der Waals surface area (Å²) in [5, 5.41) is 15.0. The van der Waals surface area contributed by atoms with Crippen LogP contribution in [0.5, 0.6) is 0 Å². The first-order valence-electron chi connectivity index (χ1n) is 6.06. The first kappa shape index (κ1) is 14.5.